The highest BCUT2D eigenvalue weighted by Gasteiger charge is 2.34. The molecule has 1 aliphatic heterocycles. The van der Waals surface area contributed by atoms with E-state index >= 15 is 0 Å². The van der Waals surface area contributed by atoms with E-state index in [-0.39, 0.29) is 24.0 Å². The van der Waals surface area contributed by atoms with Crippen LogP contribution >= 0.6 is 0 Å². The summed E-state index contributed by atoms with van der Waals surface area (Å²) < 4.78 is 5.45. The lowest BCUT2D eigenvalue weighted by Gasteiger charge is -2.35. The molecule has 2 heterocycles. The predicted molar refractivity (Wildman–Crippen MR) is 91.6 cm³/mol. The second kappa shape index (κ2) is 7.90. The Kier molecular flexibility index (Phi) is 5.63. The molecule has 1 saturated heterocycles. The van der Waals surface area contributed by atoms with Crippen molar-refractivity contribution in [3.05, 3.63) is 18.5 Å². The molecule has 2 aliphatic rings. The van der Waals surface area contributed by atoms with Gasteiger partial charge in [-0.1, -0.05) is 0 Å². The van der Waals surface area contributed by atoms with Gasteiger partial charge in [0.05, 0.1) is 6.10 Å². The molecule has 0 unspecified atom stereocenters. The Balaban J connectivity index is 1.58. The van der Waals surface area contributed by atoms with Gasteiger partial charge in [0.1, 0.15) is 0 Å². The Morgan fingerprint density at radius 2 is 2.00 bits per heavy atom. The first-order chi connectivity index (χ1) is 11.7. The number of nitrogens with two attached hydrogens (primary N) is 1. The number of carbonyl (C=O) groups is 1. The predicted octanol–water partition coefficient (Wildman–Crippen LogP) is 0.658. The maximum absolute atomic E-state index is 12.9. The first kappa shape index (κ1) is 17.1. The Hall–Kier alpha value is -1.73. The average molecular weight is 333 g/mol. The van der Waals surface area contributed by atoms with Gasteiger partial charge >= 0.3 is 0 Å². The van der Waals surface area contributed by atoms with Crippen LogP contribution in [0.1, 0.15) is 25.7 Å². The van der Waals surface area contributed by atoms with Crippen LogP contribution in [0.15, 0.2) is 18.5 Å². The number of amides is 1. The Morgan fingerprint density at radius 3 is 2.75 bits per heavy atom. The van der Waals surface area contributed by atoms with Crippen LogP contribution in [-0.4, -0.2) is 66.2 Å². The molecule has 1 aromatic rings. The molecule has 3 atom stereocenters. The number of carbonyl (C=O) groups excluding carboxylic acids is 1. The summed E-state index contributed by atoms with van der Waals surface area (Å²) in [6.45, 7) is 3.17. The minimum Gasteiger partial charge on any atom is -0.380 e. The number of hydrogen-bond acceptors (Lipinski definition) is 6. The van der Waals surface area contributed by atoms with Crippen molar-refractivity contribution in [2.24, 2.45) is 11.7 Å². The van der Waals surface area contributed by atoms with E-state index in [4.69, 9.17) is 10.5 Å². The molecule has 0 spiro atoms. The molecule has 1 aromatic heterocycles. The van der Waals surface area contributed by atoms with Crippen LogP contribution in [0.5, 0.6) is 0 Å². The molecular formula is C17H27N5O2. The van der Waals surface area contributed by atoms with Gasteiger partial charge < -0.3 is 20.3 Å². The highest BCUT2D eigenvalue weighted by Crippen LogP contribution is 2.27. The van der Waals surface area contributed by atoms with Crippen molar-refractivity contribution in [3.63, 3.8) is 0 Å². The second-order valence-corrected chi connectivity index (χ2v) is 6.66. The first-order valence-corrected chi connectivity index (χ1v) is 8.78. The van der Waals surface area contributed by atoms with Gasteiger partial charge in [-0.25, -0.2) is 9.97 Å². The van der Waals surface area contributed by atoms with E-state index in [9.17, 15) is 4.79 Å². The zero-order valence-corrected chi connectivity index (χ0v) is 14.3. The van der Waals surface area contributed by atoms with Gasteiger partial charge in [0.25, 0.3) is 0 Å². The molecule has 24 heavy (non-hydrogen) atoms. The van der Waals surface area contributed by atoms with Gasteiger partial charge in [-0.05, 0) is 31.7 Å². The van der Waals surface area contributed by atoms with E-state index in [0.717, 1.165) is 57.8 Å². The van der Waals surface area contributed by atoms with Crippen molar-refractivity contribution in [1.29, 1.82) is 0 Å². The summed E-state index contributed by atoms with van der Waals surface area (Å²) in [5.41, 5.74) is 6.07. The van der Waals surface area contributed by atoms with Gasteiger partial charge in [-0.2, -0.15) is 0 Å². The van der Waals surface area contributed by atoms with Crippen LogP contribution in [0, 0.1) is 5.92 Å². The van der Waals surface area contributed by atoms with E-state index in [1.807, 2.05) is 11.0 Å². The van der Waals surface area contributed by atoms with E-state index in [2.05, 4.69) is 14.9 Å². The number of ether oxygens (including phenoxy) is 1. The Morgan fingerprint density at radius 1 is 1.21 bits per heavy atom. The van der Waals surface area contributed by atoms with Crippen molar-refractivity contribution in [3.8, 4) is 0 Å². The van der Waals surface area contributed by atoms with Gasteiger partial charge in [0, 0.05) is 57.6 Å². The van der Waals surface area contributed by atoms with Gasteiger partial charge in [0.2, 0.25) is 11.9 Å². The molecule has 1 aliphatic carbocycles. The molecule has 0 bridgehead atoms. The van der Waals surface area contributed by atoms with Crippen LogP contribution < -0.4 is 10.6 Å². The molecule has 3 rings (SSSR count). The van der Waals surface area contributed by atoms with Gasteiger partial charge in [-0.3, -0.25) is 4.79 Å². The number of hydrogen-bond donors (Lipinski definition) is 1. The standard InChI is InChI=1S/C17H27N5O2/c1-24-15-12-13(4-5-14(15)18)16(23)21-8-3-9-22(11-10-21)17-19-6-2-7-20-17/h2,6-7,13-15H,3-5,8-12,18H2,1H3/t13-,14+,15+/m0/s1. The molecule has 7 heteroatoms. The fourth-order valence-corrected chi connectivity index (χ4v) is 3.70. The number of nitrogens with zero attached hydrogens (tertiary/aromatic N) is 4. The summed E-state index contributed by atoms with van der Waals surface area (Å²) in [6, 6.07) is 1.87. The highest BCUT2D eigenvalue weighted by atomic mass is 16.5. The van der Waals surface area contributed by atoms with Crippen LogP contribution in [0.3, 0.4) is 0 Å². The topological polar surface area (TPSA) is 84.6 Å². The summed E-state index contributed by atoms with van der Waals surface area (Å²) in [7, 11) is 1.68. The summed E-state index contributed by atoms with van der Waals surface area (Å²) in [5.74, 6) is 1.03. The Labute approximate surface area is 143 Å². The minimum absolute atomic E-state index is 0.00565. The number of aromatic nitrogens is 2. The summed E-state index contributed by atoms with van der Waals surface area (Å²) in [5, 5.41) is 0. The smallest absolute Gasteiger partial charge is 0.225 e. The maximum Gasteiger partial charge on any atom is 0.225 e. The molecule has 0 radical (unpaired) electrons. The van der Waals surface area contributed by atoms with E-state index in [1.165, 1.54) is 0 Å². The van der Waals surface area contributed by atoms with Crippen LogP contribution in [0.2, 0.25) is 0 Å². The van der Waals surface area contributed by atoms with E-state index < -0.39 is 0 Å². The monoisotopic (exact) mass is 333 g/mol. The van der Waals surface area contributed by atoms with Crippen LogP contribution in [-0.2, 0) is 9.53 Å². The van der Waals surface area contributed by atoms with Crippen molar-refractivity contribution in [2.75, 3.05) is 38.2 Å². The summed E-state index contributed by atoms with van der Waals surface area (Å²) in [4.78, 5) is 25.7. The van der Waals surface area contributed by atoms with Crippen LogP contribution in [0.4, 0.5) is 5.95 Å². The lowest BCUT2D eigenvalue weighted by atomic mass is 9.83. The normalized spacial score (nSPS) is 28.5. The lowest BCUT2D eigenvalue weighted by molar-refractivity contribution is -0.138. The quantitative estimate of drug-likeness (QED) is 0.875. The number of rotatable bonds is 3. The Bertz CT molecular complexity index is 541. The third-order valence-electron chi connectivity index (χ3n) is 5.14. The zero-order valence-electron chi connectivity index (χ0n) is 14.3. The van der Waals surface area contributed by atoms with Crippen molar-refractivity contribution >= 4 is 11.9 Å². The maximum atomic E-state index is 12.9. The number of methoxy groups -OCH3 is 1. The molecule has 2 N–H and O–H groups in total. The fraction of sp³-hybridized carbons (Fsp3) is 0.706. The number of anilines is 1. The molecule has 2 fully saturated rings. The second-order valence-electron chi connectivity index (χ2n) is 6.66. The summed E-state index contributed by atoms with van der Waals surface area (Å²) >= 11 is 0. The van der Waals surface area contributed by atoms with Crippen molar-refractivity contribution < 1.29 is 9.53 Å². The molecule has 132 valence electrons. The summed E-state index contributed by atoms with van der Waals surface area (Å²) in [6.07, 6.45) is 6.89. The molecule has 1 saturated carbocycles. The fourth-order valence-electron chi connectivity index (χ4n) is 3.70. The third-order valence-corrected chi connectivity index (χ3v) is 5.14. The van der Waals surface area contributed by atoms with Gasteiger partial charge in [0.15, 0.2) is 0 Å². The highest BCUT2D eigenvalue weighted by molar-refractivity contribution is 5.79. The molecule has 0 aromatic carbocycles. The molecule has 7 nitrogen and oxygen atoms in total. The molecular weight excluding hydrogens is 306 g/mol. The average Bonchev–Trinajstić information content (AvgIpc) is 2.88. The first-order valence-electron chi connectivity index (χ1n) is 8.78. The zero-order chi connectivity index (χ0) is 16.9. The van der Waals surface area contributed by atoms with E-state index in [1.54, 1.807) is 19.5 Å². The molecule has 1 amide bonds. The lowest BCUT2D eigenvalue weighted by Crippen LogP contribution is -2.47. The largest absolute Gasteiger partial charge is 0.380 e. The van der Waals surface area contributed by atoms with E-state index in [0.29, 0.717) is 0 Å². The SMILES string of the molecule is CO[C@@H]1C[C@@H](C(=O)N2CCCN(c3ncccn3)CC2)CC[C@H]1N. The van der Waals surface area contributed by atoms with Crippen LogP contribution in [0.25, 0.3) is 0 Å². The van der Waals surface area contributed by atoms with Gasteiger partial charge in [-0.15, -0.1) is 0 Å². The third kappa shape index (κ3) is 3.84. The van der Waals surface area contributed by atoms with Crippen molar-refractivity contribution in [1.82, 2.24) is 14.9 Å². The van der Waals surface area contributed by atoms with Crippen molar-refractivity contribution in [2.45, 2.75) is 37.8 Å². The minimum atomic E-state index is -0.00565.